The molecule has 0 aromatic carbocycles. The molecule has 1 aromatic heterocycles. The Morgan fingerprint density at radius 2 is 1.96 bits per heavy atom. The number of rotatable bonds is 4. The summed E-state index contributed by atoms with van der Waals surface area (Å²) in [5, 5.41) is 3.12. The topological polar surface area (TPSA) is 82.6 Å². The summed E-state index contributed by atoms with van der Waals surface area (Å²) < 4.78 is 23.1. The zero-order valence-electron chi connectivity index (χ0n) is 15.3. The molecule has 2 aliphatic rings. The van der Waals surface area contributed by atoms with Crippen LogP contribution >= 0.6 is 0 Å². The number of urea groups is 1. The fourth-order valence-electron chi connectivity index (χ4n) is 3.77. The maximum atomic E-state index is 12.4. The van der Waals surface area contributed by atoms with Crippen LogP contribution in [0.5, 0.6) is 0 Å². The van der Waals surface area contributed by atoms with E-state index >= 15 is 0 Å². The number of hydrogen-bond donors (Lipinski definition) is 1. The van der Waals surface area contributed by atoms with Crippen LogP contribution in [0, 0.1) is 0 Å². The first-order valence-electron chi connectivity index (χ1n) is 9.28. The largest absolute Gasteiger partial charge is 0.335 e. The third-order valence-electron chi connectivity index (χ3n) is 5.39. The van der Waals surface area contributed by atoms with Crippen LogP contribution in [-0.2, 0) is 16.4 Å². The Hall–Kier alpha value is -1.67. The number of pyridine rings is 1. The van der Waals surface area contributed by atoms with Gasteiger partial charge in [0.15, 0.2) is 0 Å². The summed E-state index contributed by atoms with van der Waals surface area (Å²) in [5.74, 6) is 0.626. The normalized spacial score (nSPS) is 22.0. The highest BCUT2D eigenvalue weighted by Gasteiger charge is 2.31. The summed E-state index contributed by atoms with van der Waals surface area (Å²) >= 11 is 0. The molecule has 3 heterocycles. The van der Waals surface area contributed by atoms with E-state index < -0.39 is 9.84 Å². The van der Waals surface area contributed by atoms with Crippen molar-refractivity contribution >= 4 is 15.9 Å². The molecule has 2 aliphatic heterocycles. The summed E-state index contributed by atoms with van der Waals surface area (Å²) in [6.07, 6.45) is 6.80. The lowest BCUT2D eigenvalue weighted by Crippen LogP contribution is -2.51. The molecular formula is C18H28N4O3S. The molecule has 1 N–H and O–H groups in total. The van der Waals surface area contributed by atoms with Crippen LogP contribution in [0.1, 0.15) is 31.2 Å². The summed E-state index contributed by atoms with van der Waals surface area (Å²) in [6.45, 7) is 2.37. The predicted octanol–water partition coefficient (Wildman–Crippen LogP) is 1.26. The van der Waals surface area contributed by atoms with Crippen LogP contribution in [0.3, 0.4) is 0 Å². The molecule has 2 saturated heterocycles. The lowest BCUT2D eigenvalue weighted by molar-refractivity contribution is 0.132. The minimum absolute atomic E-state index is 0.0592. The maximum absolute atomic E-state index is 12.4. The van der Waals surface area contributed by atoms with Crippen molar-refractivity contribution in [3.05, 3.63) is 30.1 Å². The monoisotopic (exact) mass is 380 g/mol. The third kappa shape index (κ3) is 5.17. The number of amides is 2. The first kappa shape index (κ1) is 19.1. The van der Waals surface area contributed by atoms with E-state index in [-0.39, 0.29) is 12.1 Å². The van der Waals surface area contributed by atoms with Gasteiger partial charge in [0.25, 0.3) is 0 Å². The zero-order chi connectivity index (χ0) is 18.6. The van der Waals surface area contributed by atoms with Gasteiger partial charge < -0.3 is 15.1 Å². The average molecular weight is 381 g/mol. The zero-order valence-corrected chi connectivity index (χ0v) is 16.1. The van der Waals surface area contributed by atoms with E-state index in [9.17, 15) is 13.2 Å². The Labute approximate surface area is 155 Å². The van der Waals surface area contributed by atoms with Crippen LogP contribution in [0.15, 0.2) is 24.5 Å². The van der Waals surface area contributed by atoms with Crippen molar-refractivity contribution in [1.29, 1.82) is 0 Å². The summed E-state index contributed by atoms with van der Waals surface area (Å²) in [4.78, 5) is 20.5. The van der Waals surface area contributed by atoms with Crippen molar-refractivity contribution in [2.24, 2.45) is 0 Å². The Morgan fingerprint density at radius 3 is 2.58 bits per heavy atom. The molecule has 144 valence electrons. The van der Waals surface area contributed by atoms with Gasteiger partial charge in [-0.25, -0.2) is 13.2 Å². The number of likely N-dealkylation sites (tertiary alicyclic amines) is 1. The average Bonchev–Trinajstić information content (AvgIpc) is 2.63. The van der Waals surface area contributed by atoms with E-state index in [1.54, 1.807) is 24.3 Å². The number of carbonyl (C=O) groups is 1. The van der Waals surface area contributed by atoms with Crippen LogP contribution < -0.4 is 5.32 Å². The van der Waals surface area contributed by atoms with E-state index in [2.05, 4.69) is 15.2 Å². The smallest absolute Gasteiger partial charge is 0.317 e. The molecule has 0 saturated carbocycles. The molecule has 8 heteroatoms. The fraction of sp³-hybridized carbons (Fsp3) is 0.667. The molecule has 2 amide bonds. The molecule has 0 atom stereocenters. The molecule has 0 radical (unpaired) electrons. The van der Waals surface area contributed by atoms with Crippen molar-refractivity contribution in [3.63, 3.8) is 0 Å². The Morgan fingerprint density at radius 1 is 1.27 bits per heavy atom. The van der Waals surface area contributed by atoms with Gasteiger partial charge in [-0.05, 0) is 37.3 Å². The van der Waals surface area contributed by atoms with Gasteiger partial charge in [-0.1, -0.05) is 6.07 Å². The van der Waals surface area contributed by atoms with E-state index in [4.69, 9.17) is 0 Å². The Bertz CT molecular complexity index is 688. The number of aromatic nitrogens is 1. The van der Waals surface area contributed by atoms with Crippen LogP contribution in [0.2, 0.25) is 0 Å². The van der Waals surface area contributed by atoms with Gasteiger partial charge in [-0.3, -0.25) is 4.98 Å². The van der Waals surface area contributed by atoms with Crippen molar-refractivity contribution in [3.8, 4) is 0 Å². The summed E-state index contributed by atoms with van der Waals surface area (Å²) in [6, 6.07) is 4.33. The van der Waals surface area contributed by atoms with Crippen LogP contribution in [0.25, 0.3) is 0 Å². The molecule has 2 fully saturated rings. The minimum Gasteiger partial charge on any atom is -0.335 e. The van der Waals surface area contributed by atoms with Gasteiger partial charge >= 0.3 is 6.03 Å². The van der Waals surface area contributed by atoms with Crippen LogP contribution in [0.4, 0.5) is 4.79 Å². The molecule has 7 nitrogen and oxygen atoms in total. The van der Waals surface area contributed by atoms with Crippen LogP contribution in [-0.4, -0.2) is 73.0 Å². The lowest BCUT2D eigenvalue weighted by atomic mass is 10.0. The second-order valence-corrected chi connectivity index (χ2v) is 9.66. The molecule has 3 rings (SSSR count). The Balaban J connectivity index is 1.41. The number of piperidine rings is 1. The standard InChI is InChI=1S/C18H28N4O3S/c1-21(14-15-3-2-8-19-13-15)18(23)20-16-4-9-22(10-5-16)17-6-11-26(24,25)12-7-17/h2-3,8,13,16-17H,4-7,9-12,14H2,1H3,(H,20,23). The van der Waals surface area contributed by atoms with Crippen molar-refractivity contribution < 1.29 is 13.2 Å². The highest BCUT2D eigenvalue weighted by molar-refractivity contribution is 7.91. The van der Waals surface area contributed by atoms with Crippen molar-refractivity contribution in [1.82, 2.24) is 20.1 Å². The summed E-state index contributed by atoms with van der Waals surface area (Å²) in [5.41, 5.74) is 1.01. The van der Waals surface area contributed by atoms with Gasteiger partial charge in [0.2, 0.25) is 0 Å². The fourth-order valence-corrected chi connectivity index (χ4v) is 5.24. The van der Waals surface area contributed by atoms with E-state index in [0.29, 0.717) is 24.1 Å². The molecule has 0 bridgehead atoms. The number of carbonyl (C=O) groups excluding carboxylic acids is 1. The summed E-state index contributed by atoms with van der Waals surface area (Å²) in [7, 11) is -1.02. The van der Waals surface area contributed by atoms with Crippen molar-refractivity contribution in [2.45, 2.75) is 44.3 Å². The first-order chi connectivity index (χ1) is 12.4. The molecule has 0 unspecified atom stereocenters. The predicted molar refractivity (Wildman–Crippen MR) is 101 cm³/mol. The minimum atomic E-state index is -2.81. The van der Waals surface area contributed by atoms with Gasteiger partial charge in [-0.15, -0.1) is 0 Å². The molecular weight excluding hydrogens is 352 g/mol. The molecule has 26 heavy (non-hydrogen) atoms. The molecule has 1 aromatic rings. The number of sulfone groups is 1. The number of nitrogens with zero attached hydrogens (tertiary/aromatic N) is 3. The van der Waals surface area contributed by atoms with Gasteiger partial charge in [0.05, 0.1) is 11.5 Å². The third-order valence-corrected chi connectivity index (χ3v) is 7.10. The van der Waals surface area contributed by atoms with Crippen molar-refractivity contribution in [2.75, 3.05) is 31.6 Å². The SMILES string of the molecule is CN(Cc1cccnc1)C(=O)NC1CCN(C2CCS(=O)(=O)CC2)CC1. The lowest BCUT2D eigenvalue weighted by Gasteiger charge is -2.39. The molecule has 0 aliphatic carbocycles. The first-order valence-corrected chi connectivity index (χ1v) is 11.1. The van der Waals surface area contributed by atoms with E-state index in [1.165, 1.54) is 0 Å². The highest BCUT2D eigenvalue weighted by Crippen LogP contribution is 2.22. The quantitative estimate of drug-likeness (QED) is 0.850. The van der Waals surface area contributed by atoms with E-state index in [0.717, 1.165) is 44.3 Å². The Kier molecular flexibility index (Phi) is 6.13. The van der Waals surface area contributed by atoms with Gasteiger partial charge in [0, 0.05) is 51.2 Å². The van der Waals surface area contributed by atoms with Gasteiger partial charge in [0.1, 0.15) is 9.84 Å². The maximum Gasteiger partial charge on any atom is 0.317 e. The molecule has 0 spiro atoms. The second kappa shape index (κ2) is 8.35. The number of nitrogens with one attached hydrogen (secondary N) is 1. The van der Waals surface area contributed by atoms with E-state index in [1.807, 2.05) is 12.1 Å². The number of hydrogen-bond acceptors (Lipinski definition) is 5. The van der Waals surface area contributed by atoms with Gasteiger partial charge in [-0.2, -0.15) is 0 Å². The second-order valence-electron chi connectivity index (χ2n) is 7.36. The highest BCUT2D eigenvalue weighted by atomic mass is 32.2.